The van der Waals surface area contributed by atoms with Crippen LogP contribution in [0.15, 0.2) is 42.5 Å². The van der Waals surface area contributed by atoms with E-state index in [0.717, 1.165) is 13.1 Å². The first-order valence-electron chi connectivity index (χ1n) is 7.08. The summed E-state index contributed by atoms with van der Waals surface area (Å²) in [6.45, 7) is 8.55. The minimum atomic E-state index is 0.959. The molecule has 0 heterocycles. The summed E-state index contributed by atoms with van der Waals surface area (Å²) < 4.78 is 0. The molecule has 0 bridgehead atoms. The average molecular weight is 253 g/mol. The fraction of sp³-hybridized carbons (Fsp3) is 0.333. The monoisotopic (exact) mass is 253 g/mol. The summed E-state index contributed by atoms with van der Waals surface area (Å²) in [7, 11) is 0. The zero-order valence-corrected chi connectivity index (χ0v) is 12.2. The predicted molar refractivity (Wildman–Crippen MR) is 83.3 cm³/mol. The maximum Gasteiger partial charge on any atom is 0.0205 e. The van der Waals surface area contributed by atoms with Crippen molar-refractivity contribution in [1.29, 1.82) is 0 Å². The molecule has 1 N–H and O–H groups in total. The van der Waals surface area contributed by atoms with Gasteiger partial charge in [0.15, 0.2) is 0 Å². The van der Waals surface area contributed by atoms with Crippen molar-refractivity contribution in [2.24, 2.45) is 0 Å². The van der Waals surface area contributed by atoms with Crippen LogP contribution in [-0.4, -0.2) is 6.54 Å². The van der Waals surface area contributed by atoms with Crippen molar-refractivity contribution in [2.75, 3.05) is 6.54 Å². The summed E-state index contributed by atoms with van der Waals surface area (Å²) in [5, 5.41) is 3.43. The molecule has 1 nitrogen and oxygen atoms in total. The molecule has 2 rings (SSSR count). The van der Waals surface area contributed by atoms with Crippen LogP contribution < -0.4 is 5.32 Å². The first-order chi connectivity index (χ1) is 9.20. The van der Waals surface area contributed by atoms with Gasteiger partial charge in [0.2, 0.25) is 0 Å². The van der Waals surface area contributed by atoms with Gasteiger partial charge in [-0.1, -0.05) is 49.4 Å². The van der Waals surface area contributed by atoms with E-state index in [1.165, 1.54) is 34.2 Å². The standard InChI is InChI=1S/C18H23N/c1-4-11-19-13-16-6-9-17(10-7-16)18-8-5-14(2)15(3)12-18/h5-10,12,19H,4,11,13H2,1-3H3. The smallest absolute Gasteiger partial charge is 0.0205 e. The van der Waals surface area contributed by atoms with E-state index in [2.05, 4.69) is 68.6 Å². The summed E-state index contributed by atoms with van der Waals surface area (Å²) in [6, 6.07) is 15.5. The Labute approximate surface area is 116 Å². The summed E-state index contributed by atoms with van der Waals surface area (Å²) in [5.74, 6) is 0. The first-order valence-corrected chi connectivity index (χ1v) is 7.08. The second-order valence-corrected chi connectivity index (χ2v) is 5.17. The fourth-order valence-corrected chi connectivity index (χ4v) is 2.15. The molecule has 0 unspecified atom stereocenters. The molecule has 0 fully saturated rings. The lowest BCUT2D eigenvalue weighted by atomic mass is 9.99. The van der Waals surface area contributed by atoms with Crippen LogP contribution in [-0.2, 0) is 6.54 Å². The molecule has 0 aliphatic rings. The van der Waals surface area contributed by atoms with Crippen molar-refractivity contribution in [3.63, 3.8) is 0 Å². The van der Waals surface area contributed by atoms with Crippen molar-refractivity contribution in [3.8, 4) is 11.1 Å². The lowest BCUT2D eigenvalue weighted by Crippen LogP contribution is -2.13. The second kappa shape index (κ2) is 6.53. The number of benzene rings is 2. The maximum atomic E-state index is 3.43. The van der Waals surface area contributed by atoms with Crippen LogP contribution in [0.3, 0.4) is 0 Å². The first kappa shape index (κ1) is 13.8. The van der Waals surface area contributed by atoms with Gasteiger partial charge in [0, 0.05) is 6.54 Å². The van der Waals surface area contributed by atoms with E-state index in [4.69, 9.17) is 0 Å². The SMILES string of the molecule is CCCNCc1ccc(-c2ccc(C)c(C)c2)cc1. The molecule has 0 saturated carbocycles. The van der Waals surface area contributed by atoms with Crippen molar-refractivity contribution in [3.05, 3.63) is 59.2 Å². The van der Waals surface area contributed by atoms with Crippen molar-refractivity contribution >= 4 is 0 Å². The lowest BCUT2D eigenvalue weighted by molar-refractivity contribution is 0.675. The molecule has 0 aromatic heterocycles. The Bertz CT molecular complexity index is 526. The third-order valence-electron chi connectivity index (χ3n) is 3.55. The van der Waals surface area contributed by atoms with E-state index in [1.807, 2.05) is 0 Å². The predicted octanol–water partition coefficient (Wildman–Crippen LogP) is 4.47. The number of hydrogen-bond acceptors (Lipinski definition) is 1. The van der Waals surface area contributed by atoms with Crippen LogP contribution in [0.2, 0.25) is 0 Å². The third-order valence-corrected chi connectivity index (χ3v) is 3.55. The van der Waals surface area contributed by atoms with Crippen LogP contribution >= 0.6 is 0 Å². The van der Waals surface area contributed by atoms with Crippen molar-refractivity contribution < 1.29 is 0 Å². The van der Waals surface area contributed by atoms with Crippen LogP contribution in [0.4, 0.5) is 0 Å². The van der Waals surface area contributed by atoms with Gasteiger partial charge in [0.25, 0.3) is 0 Å². The Hall–Kier alpha value is -1.60. The van der Waals surface area contributed by atoms with Gasteiger partial charge in [-0.2, -0.15) is 0 Å². The number of aryl methyl sites for hydroxylation is 2. The Morgan fingerprint density at radius 1 is 0.842 bits per heavy atom. The van der Waals surface area contributed by atoms with Gasteiger partial charge in [0.1, 0.15) is 0 Å². The highest BCUT2D eigenvalue weighted by molar-refractivity contribution is 5.65. The average Bonchev–Trinajstić information content (AvgIpc) is 2.43. The second-order valence-electron chi connectivity index (χ2n) is 5.17. The molecule has 2 aromatic carbocycles. The van der Waals surface area contributed by atoms with E-state index in [-0.39, 0.29) is 0 Å². The van der Waals surface area contributed by atoms with E-state index >= 15 is 0 Å². The highest BCUT2D eigenvalue weighted by Gasteiger charge is 2.00. The zero-order valence-electron chi connectivity index (χ0n) is 12.2. The van der Waals surface area contributed by atoms with Crippen molar-refractivity contribution in [1.82, 2.24) is 5.32 Å². The zero-order chi connectivity index (χ0) is 13.7. The van der Waals surface area contributed by atoms with E-state index < -0.39 is 0 Å². The van der Waals surface area contributed by atoms with Crippen LogP contribution in [0.5, 0.6) is 0 Å². The molecule has 19 heavy (non-hydrogen) atoms. The summed E-state index contributed by atoms with van der Waals surface area (Å²) in [4.78, 5) is 0. The highest BCUT2D eigenvalue weighted by atomic mass is 14.8. The molecule has 0 spiro atoms. The third kappa shape index (κ3) is 3.68. The molecule has 0 radical (unpaired) electrons. The van der Waals surface area contributed by atoms with E-state index in [9.17, 15) is 0 Å². The molecule has 100 valence electrons. The van der Waals surface area contributed by atoms with Crippen LogP contribution in [0.25, 0.3) is 11.1 Å². The fourth-order valence-electron chi connectivity index (χ4n) is 2.15. The minimum absolute atomic E-state index is 0.959. The summed E-state index contributed by atoms with van der Waals surface area (Å²) in [5.41, 5.74) is 6.65. The number of rotatable bonds is 5. The van der Waals surface area contributed by atoms with Gasteiger partial charge in [0.05, 0.1) is 0 Å². The minimum Gasteiger partial charge on any atom is -0.313 e. The van der Waals surface area contributed by atoms with Gasteiger partial charge in [-0.25, -0.2) is 0 Å². The normalized spacial score (nSPS) is 10.7. The Kier molecular flexibility index (Phi) is 4.75. The molecular formula is C18H23N. The van der Waals surface area contributed by atoms with Gasteiger partial charge in [-0.05, 0) is 54.6 Å². The summed E-state index contributed by atoms with van der Waals surface area (Å²) in [6.07, 6.45) is 1.18. The topological polar surface area (TPSA) is 12.0 Å². The largest absolute Gasteiger partial charge is 0.313 e. The number of hydrogen-bond donors (Lipinski definition) is 1. The molecule has 0 aliphatic heterocycles. The Morgan fingerprint density at radius 3 is 2.16 bits per heavy atom. The van der Waals surface area contributed by atoms with Gasteiger partial charge in [-0.3, -0.25) is 0 Å². The highest BCUT2D eigenvalue weighted by Crippen LogP contribution is 2.22. The molecule has 0 saturated heterocycles. The maximum absolute atomic E-state index is 3.43. The molecule has 0 atom stereocenters. The molecule has 0 aliphatic carbocycles. The molecule has 2 aromatic rings. The molecule has 0 amide bonds. The van der Waals surface area contributed by atoms with Gasteiger partial charge in [-0.15, -0.1) is 0 Å². The van der Waals surface area contributed by atoms with Crippen LogP contribution in [0, 0.1) is 13.8 Å². The lowest BCUT2D eigenvalue weighted by Gasteiger charge is -2.07. The van der Waals surface area contributed by atoms with E-state index in [0.29, 0.717) is 0 Å². The quantitative estimate of drug-likeness (QED) is 0.775. The van der Waals surface area contributed by atoms with Crippen molar-refractivity contribution in [2.45, 2.75) is 33.7 Å². The van der Waals surface area contributed by atoms with Gasteiger partial charge >= 0.3 is 0 Å². The Balaban J connectivity index is 2.11. The summed E-state index contributed by atoms with van der Waals surface area (Å²) >= 11 is 0. The molecular weight excluding hydrogens is 230 g/mol. The molecule has 1 heteroatoms. The Morgan fingerprint density at radius 2 is 1.53 bits per heavy atom. The number of nitrogens with one attached hydrogen (secondary N) is 1. The van der Waals surface area contributed by atoms with E-state index in [1.54, 1.807) is 0 Å². The van der Waals surface area contributed by atoms with Gasteiger partial charge < -0.3 is 5.32 Å². The van der Waals surface area contributed by atoms with Crippen LogP contribution in [0.1, 0.15) is 30.0 Å².